The zero-order chi connectivity index (χ0) is 28.3. The fourth-order valence-electron chi connectivity index (χ4n) is 5.69. The van der Waals surface area contributed by atoms with E-state index >= 15 is 0 Å². The summed E-state index contributed by atoms with van der Waals surface area (Å²) in [7, 11) is 0. The van der Waals surface area contributed by atoms with Gasteiger partial charge in [0.05, 0.1) is 10.6 Å². The number of carbonyl (C=O) groups is 1. The Labute approximate surface area is 244 Å². The van der Waals surface area contributed by atoms with E-state index in [1.807, 2.05) is 11.0 Å². The molecular formula is C29H31F3N6OS2. The molecule has 1 amide bonds. The van der Waals surface area contributed by atoms with Gasteiger partial charge in [-0.05, 0) is 68.4 Å². The number of hydrogen-bond donors (Lipinski definition) is 2. The summed E-state index contributed by atoms with van der Waals surface area (Å²) in [5.74, 6) is 1.16. The van der Waals surface area contributed by atoms with Gasteiger partial charge in [0.15, 0.2) is 0 Å². The Morgan fingerprint density at radius 1 is 1.12 bits per heavy atom. The maximum atomic E-state index is 14.1. The third-order valence-corrected chi connectivity index (χ3v) is 10.4. The molecule has 4 heterocycles. The third kappa shape index (κ3) is 5.53. The Bertz CT molecular complexity index is 1490. The predicted molar refractivity (Wildman–Crippen MR) is 157 cm³/mol. The molecule has 2 saturated carbocycles. The number of hydrogen-bond acceptors (Lipinski definition) is 8. The zero-order valence-corrected chi connectivity index (χ0v) is 24.3. The molecule has 0 spiro atoms. The highest BCUT2D eigenvalue weighted by Crippen LogP contribution is 2.47. The molecule has 4 aliphatic rings. The average molecular weight is 601 g/mol. The number of nitrogens with one attached hydrogen (secondary N) is 2. The Morgan fingerprint density at radius 2 is 1.95 bits per heavy atom. The molecule has 1 atom stereocenters. The van der Waals surface area contributed by atoms with Crippen molar-refractivity contribution in [3.05, 3.63) is 46.5 Å². The van der Waals surface area contributed by atoms with Gasteiger partial charge in [0, 0.05) is 66.5 Å². The lowest BCUT2D eigenvalue weighted by Crippen LogP contribution is -2.49. The van der Waals surface area contributed by atoms with Crippen LogP contribution in [0.4, 0.5) is 30.5 Å². The molecular weight excluding hydrogens is 569 g/mol. The Hall–Kier alpha value is -2.83. The number of thiophene rings is 1. The normalized spacial score (nSPS) is 21.6. The lowest BCUT2D eigenvalue weighted by molar-refractivity contribution is -0.137. The van der Waals surface area contributed by atoms with E-state index in [4.69, 9.17) is 0 Å². The molecule has 2 aliphatic carbocycles. The van der Waals surface area contributed by atoms with Crippen molar-refractivity contribution in [1.82, 2.24) is 20.2 Å². The van der Waals surface area contributed by atoms with Gasteiger partial charge in [-0.1, -0.05) is 0 Å². The smallest absolute Gasteiger partial charge is 0.369 e. The fraction of sp³-hybridized carbons (Fsp3) is 0.483. The summed E-state index contributed by atoms with van der Waals surface area (Å²) in [6.45, 7) is 5.61. The van der Waals surface area contributed by atoms with Crippen LogP contribution in [-0.2, 0) is 6.18 Å². The lowest BCUT2D eigenvalue weighted by atomic mass is 10.1. The molecule has 12 heteroatoms. The molecule has 2 N–H and O–H groups in total. The largest absolute Gasteiger partial charge is 0.420 e. The van der Waals surface area contributed by atoms with Crippen molar-refractivity contribution in [2.24, 2.45) is 0 Å². The first-order valence-corrected chi connectivity index (χ1v) is 16.0. The first kappa shape index (κ1) is 27.0. The van der Waals surface area contributed by atoms with Gasteiger partial charge in [0.25, 0.3) is 5.91 Å². The SMILES string of the molecule is CC1CN(c2ccc(Nc3ncc(C(F)(F)F)c(-c4cc5c(s4)C(=O)N(C4CC4)CCS5)n3)c(C3CC3)c2)CCN1. The fourth-order valence-corrected chi connectivity index (χ4v) is 8.00. The van der Waals surface area contributed by atoms with Crippen LogP contribution in [0.2, 0.25) is 0 Å². The van der Waals surface area contributed by atoms with Crippen molar-refractivity contribution in [2.75, 3.05) is 42.1 Å². The number of thioether (sulfide) groups is 1. The van der Waals surface area contributed by atoms with Crippen molar-refractivity contribution in [3.8, 4) is 10.6 Å². The standard InChI is InChI=1S/C29H31F3N6OS2/c1-16-15-37(9-8-33-16)19-6-7-22(20(12-19)17-2-3-17)35-28-34-14-21(29(30,31)32)25(36-28)23-13-24-26(41-23)27(39)38(10-11-40-24)18-4-5-18/h6-7,12-14,16-18,33H,2-5,8-11,15H2,1H3,(H,34,35,36). The number of aromatic nitrogens is 2. The van der Waals surface area contributed by atoms with E-state index in [2.05, 4.69) is 44.6 Å². The monoisotopic (exact) mass is 600 g/mol. The summed E-state index contributed by atoms with van der Waals surface area (Å²) in [5, 5.41) is 6.70. The minimum absolute atomic E-state index is 0.0854. The van der Waals surface area contributed by atoms with Gasteiger partial charge in [-0.15, -0.1) is 23.1 Å². The van der Waals surface area contributed by atoms with Crippen molar-refractivity contribution in [2.45, 2.75) is 61.7 Å². The van der Waals surface area contributed by atoms with Gasteiger partial charge in [-0.2, -0.15) is 13.2 Å². The summed E-state index contributed by atoms with van der Waals surface area (Å²) in [5.41, 5.74) is 2.02. The molecule has 41 heavy (non-hydrogen) atoms. The van der Waals surface area contributed by atoms with Crippen LogP contribution in [0, 0.1) is 0 Å². The highest BCUT2D eigenvalue weighted by atomic mass is 32.2. The van der Waals surface area contributed by atoms with Crippen molar-refractivity contribution in [1.29, 1.82) is 0 Å². The summed E-state index contributed by atoms with van der Waals surface area (Å²) in [6.07, 6.45) is 0.365. The second-order valence-corrected chi connectivity index (χ2v) is 13.5. The molecule has 7 rings (SSSR count). The lowest BCUT2D eigenvalue weighted by Gasteiger charge is -2.34. The minimum atomic E-state index is -4.63. The number of piperazine rings is 1. The van der Waals surface area contributed by atoms with Gasteiger partial charge < -0.3 is 20.4 Å². The molecule has 7 nitrogen and oxygen atoms in total. The van der Waals surface area contributed by atoms with Gasteiger partial charge in [-0.3, -0.25) is 4.79 Å². The number of fused-ring (bicyclic) bond motifs is 1. The van der Waals surface area contributed by atoms with Crippen LogP contribution in [-0.4, -0.2) is 64.8 Å². The number of carbonyl (C=O) groups excluding carboxylic acids is 1. The van der Waals surface area contributed by atoms with E-state index in [1.54, 1.807) is 6.07 Å². The van der Waals surface area contributed by atoms with Crippen molar-refractivity contribution >= 4 is 46.3 Å². The molecule has 1 unspecified atom stereocenters. The van der Waals surface area contributed by atoms with Crippen LogP contribution in [0.3, 0.4) is 0 Å². The summed E-state index contributed by atoms with van der Waals surface area (Å²) in [6, 6.07) is 8.60. The third-order valence-electron chi connectivity index (χ3n) is 8.09. The maximum absolute atomic E-state index is 14.1. The average Bonchev–Trinajstić information content (AvgIpc) is 3.88. The second-order valence-electron chi connectivity index (χ2n) is 11.3. The van der Waals surface area contributed by atoms with Gasteiger partial charge >= 0.3 is 6.18 Å². The van der Waals surface area contributed by atoms with Crippen LogP contribution in [0.15, 0.2) is 35.4 Å². The van der Waals surface area contributed by atoms with Gasteiger partial charge in [0.2, 0.25) is 5.95 Å². The molecule has 216 valence electrons. The highest BCUT2D eigenvalue weighted by molar-refractivity contribution is 7.99. The first-order chi connectivity index (χ1) is 19.7. The first-order valence-electron chi connectivity index (χ1n) is 14.2. The second kappa shape index (κ2) is 10.5. The van der Waals surface area contributed by atoms with Gasteiger partial charge in [0.1, 0.15) is 10.4 Å². The molecule has 2 aromatic heterocycles. The zero-order valence-electron chi connectivity index (χ0n) is 22.6. The number of amides is 1. The Morgan fingerprint density at radius 3 is 2.68 bits per heavy atom. The molecule has 0 bridgehead atoms. The topological polar surface area (TPSA) is 73.4 Å². The van der Waals surface area contributed by atoms with E-state index in [1.165, 1.54) is 11.8 Å². The Balaban J connectivity index is 1.22. The predicted octanol–water partition coefficient (Wildman–Crippen LogP) is 6.35. The maximum Gasteiger partial charge on any atom is 0.420 e. The molecule has 2 aliphatic heterocycles. The minimum Gasteiger partial charge on any atom is -0.369 e. The molecule has 3 aromatic rings. The van der Waals surface area contributed by atoms with E-state index in [0.717, 1.165) is 90.4 Å². The number of benzene rings is 1. The molecule has 0 radical (unpaired) electrons. The highest BCUT2D eigenvalue weighted by Gasteiger charge is 2.39. The number of halogens is 3. The van der Waals surface area contributed by atoms with Crippen LogP contribution in [0.5, 0.6) is 0 Å². The van der Waals surface area contributed by atoms with Crippen LogP contribution in [0.25, 0.3) is 10.6 Å². The van der Waals surface area contributed by atoms with E-state index < -0.39 is 11.7 Å². The number of anilines is 3. The molecule has 1 saturated heterocycles. The summed E-state index contributed by atoms with van der Waals surface area (Å²) in [4.78, 5) is 27.6. The van der Waals surface area contributed by atoms with Gasteiger partial charge in [-0.25, -0.2) is 9.97 Å². The number of alkyl halides is 3. The number of nitrogens with zero attached hydrogens (tertiary/aromatic N) is 4. The van der Waals surface area contributed by atoms with Crippen molar-refractivity contribution < 1.29 is 18.0 Å². The molecule has 1 aromatic carbocycles. The van der Waals surface area contributed by atoms with E-state index in [9.17, 15) is 18.0 Å². The van der Waals surface area contributed by atoms with Crippen molar-refractivity contribution in [3.63, 3.8) is 0 Å². The van der Waals surface area contributed by atoms with E-state index in [0.29, 0.717) is 28.3 Å². The van der Waals surface area contributed by atoms with Crippen LogP contribution < -0.4 is 15.5 Å². The summed E-state index contributed by atoms with van der Waals surface area (Å²) >= 11 is 2.62. The quantitative estimate of drug-likeness (QED) is 0.342. The number of rotatable bonds is 6. The van der Waals surface area contributed by atoms with Crippen LogP contribution >= 0.6 is 23.1 Å². The Kier molecular flexibility index (Phi) is 6.90. The van der Waals surface area contributed by atoms with E-state index in [-0.39, 0.29) is 23.6 Å². The molecule has 3 fully saturated rings. The van der Waals surface area contributed by atoms with Crippen LogP contribution in [0.1, 0.15) is 59.3 Å². The summed E-state index contributed by atoms with van der Waals surface area (Å²) < 4.78 is 42.4.